The molecule has 2 amide bonds. The number of aromatic nitrogens is 1. The van der Waals surface area contributed by atoms with Gasteiger partial charge in [-0.1, -0.05) is 22.0 Å². The number of halogens is 1. The topological polar surface area (TPSA) is 62.7 Å². The summed E-state index contributed by atoms with van der Waals surface area (Å²) in [6.45, 7) is 11.7. The maximum atomic E-state index is 13.4. The fourth-order valence-corrected chi connectivity index (χ4v) is 4.04. The third-order valence-electron chi connectivity index (χ3n) is 4.77. The number of pyridine rings is 1. The van der Waals surface area contributed by atoms with Crippen molar-refractivity contribution in [2.75, 3.05) is 16.3 Å². The second-order valence-corrected chi connectivity index (χ2v) is 10.2. The van der Waals surface area contributed by atoms with Gasteiger partial charge in [0.2, 0.25) is 5.91 Å². The number of carbonyl (C=O) groups excluding carboxylic acids is 2. The molecule has 7 heteroatoms. The number of aryl methyl sites for hydroxylation is 1. The van der Waals surface area contributed by atoms with E-state index in [1.807, 2.05) is 65.8 Å². The monoisotopic (exact) mass is 473 g/mol. The van der Waals surface area contributed by atoms with Gasteiger partial charge in [-0.3, -0.25) is 14.7 Å². The highest BCUT2D eigenvalue weighted by Gasteiger charge is 2.43. The Bertz CT molecular complexity index is 982. The van der Waals surface area contributed by atoms with Gasteiger partial charge >= 0.3 is 6.09 Å². The first-order valence-electron chi connectivity index (χ1n) is 9.91. The molecule has 30 heavy (non-hydrogen) atoms. The van der Waals surface area contributed by atoms with Crippen molar-refractivity contribution < 1.29 is 14.3 Å². The predicted molar refractivity (Wildman–Crippen MR) is 122 cm³/mol. The number of ether oxygens (including phenoxy) is 1. The normalized spacial score (nSPS) is 15.6. The van der Waals surface area contributed by atoms with Crippen molar-refractivity contribution in [1.82, 2.24) is 4.98 Å². The van der Waals surface area contributed by atoms with Crippen LogP contribution in [0, 0.1) is 6.92 Å². The zero-order valence-corrected chi connectivity index (χ0v) is 19.9. The van der Waals surface area contributed by atoms with Crippen LogP contribution < -0.4 is 9.80 Å². The van der Waals surface area contributed by atoms with Crippen LogP contribution in [0.1, 0.15) is 45.7 Å². The van der Waals surface area contributed by atoms with Crippen molar-refractivity contribution in [3.63, 3.8) is 0 Å². The molecule has 0 aliphatic carbocycles. The Kier molecular flexibility index (Phi) is 5.96. The summed E-state index contributed by atoms with van der Waals surface area (Å²) in [4.78, 5) is 34.0. The molecule has 1 aromatic carbocycles. The molecule has 160 valence electrons. The first kappa shape index (κ1) is 22.3. The van der Waals surface area contributed by atoms with Crippen molar-refractivity contribution >= 4 is 39.3 Å². The number of hydrogen-bond acceptors (Lipinski definition) is 4. The quantitative estimate of drug-likeness (QED) is 0.596. The van der Waals surface area contributed by atoms with Crippen LogP contribution in [0.2, 0.25) is 0 Å². The molecule has 0 N–H and O–H groups in total. The van der Waals surface area contributed by atoms with Crippen molar-refractivity contribution in [1.29, 1.82) is 0 Å². The van der Waals surface area contributed by atoms with Gasteiger partial charge in [0, 0.05) is 16.9 Å². The number of amides is 2. The lowest BCUT2D eigenvalue weighted by Crippen LogP contribution is -2.60. The number of nitrogens with zero attached hydrogens (tertiary/aromatic N) is 3. The van der Waals surface area contributed by atoms with E-state index in [1.54, 1.807) is 22.2 Å². The van der Waals surface area contributed by atoms with Crippen molar-refractivity contribution in [2.24, 2.45) is 0 Å². The highest BCUT2D eigenvalue weighted by atomic mass is 79.9. The molecule has 3 rings (SSSR count). The smallest absolute Gasteiger partial charge is 0.414 e. The zero-order chi connectivity index (χ0) is 22.3. The summed E-state index contributed by atoms with van der Waals surface area (Å²) in [6, 6.07) is 7.56. The SMILES string of the molecule is Cc1cncc(CC(=O)N2c3ccc(Br)cc3N(C(=O)OC(C)(C)C)CC2(C)C)c1. The standard InChI is InChI=1S/C23H28BrN3O3/c1-15-9-16(13-25-12-15)10-20(28)27-18-8-7-17(24)11-19(18)26(14-23(27,5)6)21(29)30-22(2,3)4/h7-9,11-13H,10,14H2,1-6H3. The minimum atomic E-state index is -0.619. The molecule has 6 nitrogen and oxygen atoms in total. The summed E-state index contributed by atoms with van der Waals surface area (Å²) in [5.74, 6) is -0.0418. The Balaban J connectivity index is 2.01. The second kappa shape index (κ2) is 8.02. The average Bonchev–Trinajstić information content (AvgIpc) is 2.59. The van der Waals surface area contributed by atoms with E-state index in [1.165, 1.54) is 0 Å². The van der Waals surface area contributed by atoms with Gasteiger partial charge in [-0.25, -0.2) is 4.79 Å². The van der Waals surface area contributed by atoms with E-state index < -0.39 is 17.2 Å². The molecule has 0 atom stereocenters. The third-order valence-corrected chi connectivity index (χ3v) is 5.26. The van der Waals surface area contributed by atoms with Crippen LogP contribution >= 0.6 is 15.9 Å². The summed E-state index contributed by atoms with van der Waals surface area (Å²) in [6.07, 6.45) is 3.30. The fourth-order valence-electron chi connectivity index (χ4n) is 3.69. The molecule has 0 unspecified atom stereocenters. The Labute approximate surface area is 186 Å². The van der Waals surface area contributed by atoms with Crippen LogP contribution in [0.15, 0.2) is 41.1 Å². The highest BCUT2D eigenvalue weighted by Crippen LogP contribution is 2.42. The molecule has 2 aromatic rings. The lowest BCUT2D eigenvalue weighted by atomic mass is 9.95. The van der Waals surface area contributed by atoms with E-state index in [4.69, 9.17) is 4.74 Å². The van der Waals surface area contributed by atoms with Crippen LogP contribution in [-0.2, 0) is 16.0 Å². The molecule has 1 aliphatic rings. The van der Waals surface area contributed by atoms with E-state index in [2.05, 4.69) is 20.9 Å². The summed E-state index contributed by atoms with van der Waals surface area (Å²) in [7, 11) is 0. The zero-order valence-electron chi connectivity index (χ0n) is 18.3. The highest BCUT2D eigenvalue weighted by molar-refractivity contribution is 9.10. The Morgan fingerprint density at radius 2 is 1.87 bits per heavy atom. The van der Waals surface area contributed by atoms with Crippen LogP contribution in [0.25, 0.3) is 0 Å². The second-order valence-electron chi connectivity index (χ2n) is 9.29. The number of benzene rings is 1. The first-order valence-corrected chi connectivity index (χ1v) is 10.7. The van der Waals surface area contributed by atoms with Crippen LogP contribution in [0.5, 0.6) is 0 Å². The number of carbonyl (C=O) groups is 2. The third kappa shape index (κ3) is 4.83. The number of rotatable bonds is 2. The number of fused-ring (bicyclic) bond motifs is 1. The maximum Gasteiger partial charge on any atom is 0.414 e. The largest absolute Gasteiger partial charge is 0.443 e. The molecular weight excluding hydrogens is 446 g/mol. The van der Waals surface area contributed by atoms with E-state index in [9.17, 15) is 9.59 Å². The van der Waals surface area contributed by atoms with E-state index >= 15 is 0 Å². The molecule has 0 saturated carbocycles. The van der Waals surface area contributed by atoms with Gasteiger partial charge in [0.15, 0.2) is 0 Å². The van der Waals surface area contributed by atoms with Gasteiger partial charge in [0.05, 0.1) is 29.9 Å². The minimum Gasteiger partial charge on any atom is -0.443 e. The Morgan fingerprint density at radius 3 is 2.50 bits per heavy atom. The summed E-state index contributed by atoms with van der Waals surface area (Å²) in [5, 5.41) is 0. The fraction of sp³-hybridized carbons (Fsp3) is 0.435. The Morgan fingerprint density at radius 1 is 1.17 bits per heavy atom. The lowest BCUT2D eigenvalue weighted by Gasteiger charge is -2.47. The maximum absolute atomic E-state index is 13.4. The predicted octanol–water partition coefficient (Wildman–Crippen LogP) is 5.26. The number of anilines is 2. The first-order chi connectivity index (χ1) is 13.9. The molecule has 1 aromatic heterocycles. The van der Waals surface area contributed by atoms with Crippen LogP contribution in [0.3, 0.4) is 0 Å². The van der Waals surface area contributed by atoms with Crippen molar-refractivity contribution in [2.45, 2.75) is 59.1 Å². The van der Waals surface area contributed by atoms with Gasteiger partial charge in [-0.05, 0) is 70.9 Å². The van der Waals surface area contributed by atoms with Crippen LogP contribution in [-0.4, -0.2) is 34.7 Å². The molecule has 1 aliphatic heterocycles. The van der Waals surface area contributed by atoms with Gasteiger partial charge in [-0.15, -0.1) is 0 Å². The molecular formula is C23H28BrN3O3. The van der Waals surface area contributed by atoms with E-state index in [-0.39, 0.29) is 12.3 Å². The minimum absolute atomic E-state index is 0.0418. The summed E-state index contributed by atoms with van der Waals surface area (Å²) >= 11 is 3.49. The molecule has 0 bridgehead atoms. The average molecular weight is 474 g/mol. The van der Waals surface area contributed by atoms with Gasteiger partial charge < -0.3 is 9.64 Å². The summed E-state index contributed by atoms with van der Waals surface area (Å²) < 4.78 is 6.46. The molecule has 0 spiro atoms. The molecule has 0 radical (unpaired) electrons. The van der Waals surface area contributed by atoms with E-state index in [0.29, 0.717) is 17.9 Å². The Hall–Kier alpha value is -2.41. The van der Waals surface area contributed by atoms with Crippen LogP contribution in [0.4, 0.5) is 16.2 Å². The van der Waals surface area contributed by atoms with E-state index in [0.717, 1.165) is 15.6 Å². The molecule has 0 saturated heterocycles. The molecule has 2 heterocycles. The molecule has 0 fully saturated rings. The van der Waals surface area contributed by atoms with Gasteiger partial charge in [-0.2, -0.15) is 0 Å². The number of hydrogen-bond donors (Lipinski definition) is 0. The van der Waals surface area contributed by atoms with Gasteiger partial charge in [0.1, 0.15) is 5.60 Å². The van der Waals surface area contributed by atoms with Crippen molar-refractivity contribution in [3.05, 3.63) is 52.3 Å². The summed E-state index contributed by atoms with van der Waals surface area (Å²) in [5.41, 5.74) is 1.98. The van der Waals surface area contributed by atoms with Gasteiger partial charge in [0.25, 0.3) is 0 Å². The van der Waals surface area contributed by atoms with Crippen molar-refractivity contribution in [3.8, 4) is 0 Å². The lowest BCUT2D eigenvalue weighted by molar-refractivity contribution is -0.119.